The fourth-order valence-electron chi connectivity index (χ4n) is 0.698. The molecule has 0 bridgehead atoms. The molecule has 57 valence electrons. The number of nitrogens with zero attached hydrogens (tertiary/aromatic N) is 1. The average Bonchev–Trinajstić information content (AvgIpc) is 2.03. The lowest BCUT2D eigenvalue weighted by atomic mass is 10.3. The highest BCUT2D eigenvalue weighted by Gasteiger charge is 2.04. The van der Waals surface area contributed by atoms with E-state index in [2.05, 4.69) is 16.6 Å². The minimum absolute atomic E-state index is 0.292. The van der Waals surface area contributed by atoms with Gasteiger partial charge in [0.1, 0.15) is 5.69 Å². The predicted molar refractivity (Wildman–Crippen MR) is 40.0 cm³/mol. The summed E-state index contributed by atoms with van der Waals surface area (Å²) >= 11 is 0. The Kier molecular flexibility index (Phi) is 2.21. The second-order valence-electron chi connectivity index (χ2n) is 2.01. The summed E-state index contributed by atoms with van der Waals surface area (Å²) in [7, 11) is 1.32. The second kappa shape index (κ2) is 3.14. The third-order valence-electron chi connectivity index (χ3n) is 1.20. The van der Waals surface area contributed by atoms with Gasteiger partial charge in [-0.3, -0.25) is 0 Å². The van der Waals surface area contributed by atoms with E-state index in [4.69, 9.17) is 0 Å². The number of esters is 1. The van der Waals surface area contributed by atoms with Crippen molar-refractivity contribution >= 4 is 5.97 Å². The molecular weight excluding hydrogens is 142 g/mol. The summed E-state index contributed by atoms with van der Waals surface area (Å²) in [4.78, 5) is 14.7. The number of pyridine rings is 1. The van der Waals surface area contributed by atoms with Crippen molar-refractivity contribution in [3.05, 3.63) is 36.5 Å². The van der Waals surface area contributed by atoms with Crippen molar-refractivity contribution in [2.24, 2.45) is 0 Å². The molecule has 1 rings (SSSR count). The molecule has 0 fully saturated rings. The van der Waals surface area contributed by atoms with Crippen molar-refractivity contribution in [3.8, 4) is 0 Å². The molecule has 1 heterocycles. The van der Waals surface area contributed by atoms with E-state index in [9.17, 15) is 4.79 Å². The van der Waals surface area contributed by atoms with E-state index >= 15 is 0 Å². The van der Waals surface area contributed by atoms with Gasteiger partial charge in [-0.05, 0) is 19.1 Å². The minimum atomic E-state index is -0.435. The Balaban J connectivity index is 2.96. The SMILES string of the molecule is [CH2]c1cccc(C(=O)OC)n1. The van der Waals surface area contributed by atoms with E-state index < -0.39 is 5.97 Å². The van der Waals surface area contributed by atoms with Crippen LogP contribution in [-0.4, -0.2) is 18.1 Å². The summed E-state index contributed by atoms with van der Waals surface area (Å²) in [5, 5.41) is 0. The Hall–Kier alpha value is -1.38. The monoisotopic (exact) mass is 150 g/mol. The van der Waals surface area contributed by atoms with Crippen molar-refractivity contribution in [3.63, 3.8) is 0 Å². The zero-order valence-electron chi connectivity index (χ0n) is 6.20. The highest BCUT2D eigenvalue weighted by Crippen LogP contribution is 1.98. The van der Waals surface area contributed by atoms with Crippen LogP contribution in [-0.2, 0) is 4.74 Å². The first-order valence-electron chi connectivity index (χ1n) is 3.11. The van der Waals surface area contributed by atoms with Crippen molar-refractivity contribution in [2.75, 3.05) is 7.11 Å². The van der Waals surface area contributed by atoms with Gasteiger partial charge >= 0.3 is 5.97 Å². The van der Waals surface area contributed by atoms with E-state index in [0.29, 0.717) is 11.4 Å². The Bertz CT molecular complexity index is 271. The number of aromatic nitrogens is 1. The van der Waals surface area contributed by atoms with Gasteiger partial charge in [0, 0.05) is 5.69 Å². The molecule has 0 spiro atoms. The lowest BCUT2D eigenvalue weighted by Crippen LogP contribution is -2.04. The topological polar surface area (TPSA) is 39.2 Å². The van der Waals surface area contributed by atoms with Gasteiger partial charge in [-0.15, -0.1) is 0 Å². The second-order valence-corrected chi connectivity index (χ2v) is 2.01. The molecule has 3 heteroatoms. The Morgan fingerprint density at radius 1 is 1.64 bits per heavy atom. The Morgan fingerprint density at radius 2 is 2.36 bits per heavy atom. The quantitative estimate of drug-likeness (QED) is 0.562. The molecule has 0 unspecified atom stereocenters. The molecule has 0 saturated heterocycles. The minimum Gasteiger partial charge on any atom is -0.464 e. The molecule has 0 aromatic carbocycles. The first kappa shape index (κ1) is 7.72. The van der Waals surface area contributed by atoms with Gasteiger partial charge in [-0.2, -0.15) is 0 Å². The summed E-state index contributed by atoms with van der Waals surface area (Å²) in [6.07, 6.45) is 0. The van der Waals surface area contributed by atoms with Crippen LogP contribution in [0.15, 0.2) is 18.2 Å². The molecule has 1 aromatic heterocycles. The highest BCUT2D eigenvalue weighted by atomic mass is 16.5. The largest absolute Gasteiger partial charge is 0.464 e. The molecular formula is C8H8NO2. The lowest BCUT2D eigenvalue weighted by molar-refractivity contribution is 0.0594. The van der Waals surface area contributed by atoms with Gasteiger partial charge < -0.3 is 4.74 Å². The van der Waals surface area contributed by atoms with E-state index in [-0.39, 0.29) is 0 Å². The van der Waals surface area contributed by atoms with Crippen LogP contribution in [0.4, 0.5) is 0 Å². The number of rotatable bonds is 1. The van der Waals surface area contributed by atoms with Crippen molar-refractivity contribution in [1.29, 1.82) is 0 Å². The maximum absolute atomic E-state index is 10.9. The first-order chi connectivity index (χ1) is 5.24. The van der Waals surface area contributed by atoms with Crippen LogP contribution in [0, 0.1) is 6.92 Å². The van der Waals surface area contributed by atoms with Gasteiger partial charge in [0.25, 0.3) is 0 Å². The maximum atomic E-state index is 10.9. The normalized spacial score (nSPS) is 9.27. The first-order valence-corrected chi connectivity index (χ1v) is 3.11. The summed E-state index contributed by atoms with van der Waals surface area (Å²) in [5.41, 5.74) is 0.855. The fourth-order valence-corrected chi connectivity index (χ4v) is 0.698. The Labute approximate surface area is 65.0 Å². The lowest BCUT2D eigenvalue weighted by Gasteiger charge is -1.97. The third-order valence-corrected chi connectivity index (χ3v) is 1.20. The third kappa shape index (κ3) is 1.77. The number of hydrogen-bond acceptors (Lipinski definition) is 3. The predicted octanol–water partition coefficient (Wildman–Crippen LogP) is 1.05. The van der Waals surface area contributed by atoms with Crippen LogP contribution in [0.2, 0.25) is 0 Å². The van der Waals surface area contributed by atoms with Crippen molar-refractivity contribution in [2.45, 2.75) is 0 Å². The molecule has 0 aliphatic heterocycles. The van der Waals surface area contributed by atoms with Crippen LogP contribution in [0.1, 0.15) is 16.2 Å². The molecule has 1 aromatic rings. The van der Waals surface area contributed by atoms with E-state index in [1.165, 1.54) is 7.11 Å². The molecule has 0 aliphatic rings. The standard InChI is InChI=1S/C8H8NO2/c1-6-4-3-5-7(9-6)8(10)11-2/h3-5H,1H2,2H3. The summed E-state index contributed by atoms with van der Waals surface area (Å²) in [6, 6.07) is 5.01. The van der Waals surface area contributed by atoms with Crippen LogP contribution in [0.5, 0.6) is 0 Å². The van der Waals surface area contributed by atoms with Crippen LogP contribution in [0.3, 0.4) is 0 Å². The van der Waals surface area contributed by atoms with Gasteiger partial charge in [-0.25, -0.2) is 9.78 Å². The molecule has 0 N–H and O–H groups in total. The summed E-state index contributed by atoms with van der Waals surface area (Å²) < 4.78 is 4.46. The molecule has 0 amide bonds. The van der Waals surface area contributed by atoms with E-state index in [1.807, 2.05) is 0 Å². The highest BCUT2D eigenvalue weighted by molar-refractivity contribution is 5.87. The van der Waals surface area contributed by atoms with Crippen LogP contribution in [0.25, 0.3) is 0 Å². The van der Waals surface area contributed by atoms with E-state index in [0.717, 1.165) is 0 Å². The van der Waals surface area contributed by atoms with Crippen LogP contribution < -0.4 is 0 Å². The molecule has 1 radical (unpaired) electrons. The van der Waals surface area contributed by atoms with Crippen LogP contribution >= 0.6 is 0 Å². The van der Waals surface area contributed by atoms with Gasteiger partial charge in [-0.1, -0.05) is 6.07 Å². The Morgan fingerprint density at radius 3 is 2.91 bits per heavy atom. The smallest absolute Gasteiger partial charge is 0.356 e. The number of ether oxygens (including phenoxy) is 1. The number of hydrogen-bond donors (Lipinski definition) is 0. The van der Waals surface area contributed by atoms with E-state index in [1.54, 1.807) is 18.2 Å². The summed E-state index contributed by atoms with van der Waals surface area (Å²) in [6.45, 7) is 3.58. The molecule has 0 saturated carbocycles. The van der Waals surface area contributed by atoms with Gasteiger partial charge in [0.2, 0.25) is 0 Å². The van der Waals surface area contributed by atoms with Crippen molar-refractivity contribution in [1.82, 2.24) is 4.98 Å². The number of methoxy groups -OCH3 is 1. The van der Waals surface area contributed by atoms with Gasteiger partial charge in [0.05, 0.1) is 7.11 Å². The summed E-state index contributed by atoms with van der Waals surface area (Å²) in [5.74, 6) is -0.435. The number of carbonyl (C=O) groups excluding carboxylic acids is 1. The van der Waals surface area contributed by atoms with Gasteiger partial charge in [0.15, 0.2) is 0 Å². The van der Waals surface area contributed by atoms with Crippen molar-refractivity contribution < 1.29 is 9.53 Å². The molecule has 0 atom stereocenters. The molecule has 0 aliphatic carbocycles. The molecule has 11 heavy (non-hydrogen) atoms. The fraction of sp³-hybridized carbons (Fsp3) is 0.125. The maximum Gasteiger partial charge on any atom is 0.356 e. The molecule has 3 nitrogen and oxygen atoms in total. The average molecular weight is 150 g/mol. The zero-order chi connectivity index (χ0) is 8.27. The number of carbonyl (C=O) groups is 1. The zero-order valence-corrected chi connectivity index (χ0v) is 6.20.